The minimum absolute atomic E-state index is 0.183. The molecule has 1 aromatic heterocycles. The second-order valence-electron chi connectivity index (χ2n) is 3.50. The molecule has 0 aliphatic heterocycles. The van der Waals surface area contributed by atoms with Gasteiger partial charge in [-0.1, -0.05) is 0 Å². The molecule has 16 heavy (non-hydrogen) atoms. The van der Waals surface area contributed by atoms with Gasteiger partial charge in [-0.25, -0.2) is 10.8 Å². The molecule has 90 valence electrons. The topological polar surface area (TPSA) is 87.3 Å². The Balaban J connectivity index is 2.89. The minimum atomic E-state index is 0.183. The molecule has 1 heterocycles. The number of nitrogens with two attached hydrogens (primary N) is 1. The number of aryl methyl sites for hydroxylation is 1. The summed E-state index contributed by atoms with van der Waals surface area (Å²) in [5, 5.41) is 8.84. The van der Waals surface area contributed by atoms with E-state index in [9.17, 15) is 0 Å². The molecule has 0 aliphatic carbocycles. The number of hydrogen-bond donors (Lipinski definition) is 3. The second kappa shape index (κ2) is 6.24. The summed E-state index contributed by atoms with van der Waals surface area (Å²) in [6, 6.07) is 0. The molecule has 0 amide bonds. The number of hydrazine groups is 1. The van der Waals surface area contributed by atoms with Gasteiger partial charge < -0.3 is 10.0 Å². The van der Waals surface area contributed by atoms with E-state index in [1.807, 2.05) is 6.92 Å². The maximum Gasteiger partial charge on any atom is 0.239 e. The Labute approximate surface area is 95.5 Å². The van der Waals surface area contributed by atoms with Crippen LogP contribution in [0.1, 0.15) is 18.9 Å². The molecule has 1 aromatic rings. The number of nitrogens with one attached hydrogen (secondary N) is 1. The Morgan fingerprint density at radius 2 is 2.31 bits per heavy atom. The van der Waals surface area contributed by atoms with E-state index in [0.717, 1.165) is 30.9 Å². The first-order valence-electron chi connectivity index (χ1n) is 5.39. The van der Waals surface area contributed by atoms with Gasteiger partial charge >= 0.3 is 0 Å². The number of aliphatic hydroxyl groups is 1. The lowest BCUT2D eigenvalue weighted by Crippen LogP contribution is -2.27. The van der Waals surface area contributed by atoms with Gasteiger partial charge in [0.05, 0.1) is 0 Å². The monoisotopic (exact) mass is 225 g/mol. The highest BCUT2D eigenvalue weighted by molar-refractivity contribution is 5.48. The van der Waals surface area contributed by atoms with E-state index >= 15 is 0 Å². The predicted octanol–water partition coefficient (Wildman–Crippen LogP) is 0.279. The molecular formula is C10H19N5O. The number of nitrogens with zero attached hydrogens (tertiary/aromatic N) is 3. The van der Waals surface area contributed by atoms with Crippen LogP contribution in [0, 0.1) is 6.92 Å². The van der Waals surface area contributed by atoms with Crippen molar-refractivity contribution in [1.82, 2.24) is 9.97 Å². The first-order valence-corrected chi connectivity index (χ1v) is 5.39. The van der Waals surface area contributed by atoms with Gasteiger partial charge in [0, 0.05) is 31.5 Å². The normalized spacial score (nSPS) is 10.2. The Hall–Kier alpha value is -1.40. The van der Waals surface area contributed by atoms with Crippen molar-refractivity contribution in [3.8, 4) is 0 Å². The Kier molecular flexibility index (Phi) is 4.94. The van der Waals surface area contributed by atoms with Crippen LogP contribution in [0.2, 0.25) is 0 Å². The molecule has 0 fully saturated rings. The summed E-state index contributed by atoms with van der Waals surface area (Å²) in [6.45, 7) is 5.80. The molecule has 0 aromatic carbocycles. The van der Waals surface area contributed by atoms with Crippen molar-refractivity contribution in [2.45, 2.75) is 20.3 Å². The Morgan fingerprint density at radius 3 is 2.88 bits per heavy atom. The molecule has 6 heteroatoms. The summed E-state index contributed by atoms with van der Waals surface area (Å²) >= 11 is 0. The average molecular weight is 225 g/mol. The van der Waals surface area contributed by atoms with E-state index in [1.165, 1.54) is 0 Å². The van der Waals surface area contributed by atoms with Gasteiger partial charge in [-0.3, -0.25) is 5.43 Å². The minimum Gasteiger partial charge on any atom is -0.396 e. The molecule has 0 saturated heterocycles. The maximum absolute atomic E-state index is 8.84. The van der Waals surface area contributed by atoms with E-state index in [1.54, 1.807) is 6.20 Å². The Bertz CT molecular complexity index is 331. The summed E-state index contributed by atoms with van der Waals surface area (Å²) in [4.78, 5) is 10.4. The molecule has 0 saturated carbocycles. The lowest BCUT2D eigenvalue weighted by molar-refractivity contribution is 0.289. The first kappa shape index (κ1) is 12.7. The first-order chi connectivity index (χ1) is 7.72. The van der Waals surface area contributed by atoms with Crippen LogP contribution < -0.4 is 16.2 Å². The van der Waals surface area contributed by atoms with Crippen molar-refractivity contribution in [1.29, 1.82) is 0 Å². The lowest BCUT2D eigenvalue weighted by atomic mass is 10.3. The quantitative estimate of drug-likeness (QED) is 0.476. The summed E-state index contributed by atoms with van der Waals surface area (Å²) < 4.78 is 0. The summed E-state index contributed by atoms with van der Waals surface area (Å²) in [7, 11) is 0. The standard InChI is InChI=1S/C10H19N5O/c1-3-15(5-4-6-16)9-8(2)7-12-10(13-9)14-11/h7,16H,3-6,11H2,1-2H3,(H,12,13,14). The SMILES string of the molecule is CCN(CCCO)c1nc(NN)ncc1C. The van der Waals surface area contributed by atoms with E-state index in [2.05, 4.69) is 27.2 Å². The van der Waals surface area contributed by atoms with Gasteiger partial charge in [-0.05, 0) is 20.3 Å². The number of rotatable bonds is 6. The summed E-state index contributed by atoms with van der Waals surface area (Å²) in [6.07, 6.45) is 2.46. The van der Waals surface area contributed by atoms with Gasteiger partial charge in [0.1, 0.15) is 5.82 Å². The Morgan fingerprint density at radius 1 is 1.56 bits per heavy atom. The third kappa shape index (κ3) is 3.04. The third-order valence-corrected chi connectivity index (χ3v) is 2.34. The zero-order chi connectivity index (χ0) is 12.0. The molecule has 0 aliphatic rings. The third-order valence-electron chi connectivity index (χ3n) is 2.34. The second-order valence-corrected chi connectivity index (χ2v) is 3.50. The molecular weight excluding hydrogens is 206 g/mol. The highest BCUT2D eigenvalue weighted by Crippen LogP contribution is 2.17. The van der Waals surface area contributed by atoms with Crippen LogP contribution in [-0.2, 0) is 0 Å². The van der Waals surface area contributed by atoms with Gasteiger partial charge in [-0.2, -0.15) is 4.98 Å². The molecule has 1 rings (SSSR count). The van der Waals surface area contributed by atoms with Crippen LogP contribution in [0.4, 0.5) is 11.8 Å². The number of aliphatic hydroxyl groups excluding tert-OH is 1. The van der Waals surface area contributed by atoms with Gasteiger partial charge in [0.25, 0.3) is 0 Å². The van der Waals surface area contributed by atoms with Crippen molar-refractivity contribution < 1.29 is 5.11 Å². The van der Waals surface area contributed by atoms with E-state index in [-0.39, 0.29) is 6.61 Å². The van der Waals surface area contributed by atoms with E-state index in [4.69, 9.17) is 10.9 Å². The van der Waals surface area contributed by atoms with Crippen LogP contribution in [0.5, 0.6) is 0 Å². The molecule has 0 unspecified atom stereocenters. The highest BCUT2D eigenvalue weighted by atomic mass is 16.3. The van der Waals surface area contributed by atoms with Gasteiger partial charge in [-0.15, -0.1) is 0 Å². The number of hydrogen-bond acceptors (Lipinski definition) is 6. The molecule has 4 N–H and O–H groups in total. The fourth-order valence-electron chi connectivity index (χ4n) is 1.50. The zero-order valence-corrected chi connectivity index (χ0v) is 9.77. The van der Waals surface area contributed by atoms with Crippen LogP contribution in [0.25, 0.3) is 0 Å². The van der Waals surface area contributed by atoms with Gasteiger partial charge in [0.15, 0.2) is 0 Å². The van der Waals surface area contributed by atoms with Crippen LogP contribution in [-0.4, -0.2) is 34.8 Å². The fourth-order valence-corrected chi connectivity index (χ4v) is 1.50. The molecule has 6 nitrogen and oxygen atoms in total. The van der Waals surface area contributed by atoms with Crippen molar-refractivity contribution in [2.75, 3.05) is 30.0 Å². The highest BCUT2D eigenvalue weighted by Gasteiger charge is 2.10. The van der Waals surface area contributed by atoms with E-state index < -0.39 is 0 Å². The smallest absolute Gasteiger partial charge is 0.239 e. The van der Waals surface area contributed by atoms with Gasteiger partial charge in [0.2, 0.25) is 5.95 Å². The molecule has 0 atom stereocenters. The van der Waals surface area contributed by atoms with Crippen LogP contribution in [0.15, 0.2) is 6.20 Å². The van der Waals surface area contributed by atoms with Crippen LogP contribution in [0.3, 0.4) is 0 Å². The average Bonchev–Trinajstić information content (AvgIpc) is 2.32. The maximum atomic E-state index is 8.84. The summed E-state index contributed by atoms with van der Waals surface area (Å²) in [5.74, 6) is 6.54. The number of nitrogen functional groups attached to an aromatic ring is 1. The van der Waals surface area contributed by atoms with E-state index in [0.29, 0.717) is 5.95 Å². The molecule has 0 radical (unpaired) electrons. The van der Waals surface area contributed by atoms with Crippen molar-refractivity contribution >= 4 is 11.8 Å². The van der Waals surface area contributed by atoms with Crippen molar-refractivity contribution in [3.05, 3.63) is 11.8 Å². The zero-order valence-electron chi connectivity index (χ0n) is 9.77. The largest absolute Gasteiger partial charge is 0.396 e. The van der Waals surface area contributed by atoms with Crippen molar-refractivity contribution in [3.63, 3.8) is 0 Å². The van der Waals surface area contributed by atoms with Crippen LogP contribution >= 0.6 is 0 Å². The molecule has 0 spiro atoms. The molecule has 0 bridgehead atoms. The summed E-state index contributed by atoms with van der Waals surface area (Å²) in [5.41, 5.74) is 3.43. The number of anilines is 2. The van der Waals surface area contributed by atoms with Crippen molar-refractivity contribution in [2.24, 2.45) is 5.84 Å². The number of aromatic nitrogens is 2. The fraction of sp³-hybridized carbons (Fsp3) is 0.600. The lowest BCUT2D eigenvalue weighted by Gasteiger charge is -2.23. The predicted molar refractivity (Wildman–Crippen MR) is 64.2 cm³/mol.